The normalized spacial score (nSPS) is 10.6. The zero-order chi connectivity index (χ0) is 15.5. The summed E-state index contributed by atoms with van der Waals surface area (Å²) in [5.74, 6) is 0. The van der Waals surface area contributed by atoms with Crippen molar-refractivity contribution in [1.29, 1.82) is 0 Å². The van der Waals surface area contributed by atoms with E-state index in [-0.39, 0.29) is 0 Å². The van der Waals surface area contributed by atoms with Crippen LogP contribution in [0.25, 0.3) is 21.9 Å². The van der Waals surface area contributed by atoms with Crippen LogP contribution in [-0.4, -0.2) is 0 Å². The molecule has 110 valence electrons. The minimum atomic E-state index is 1.10. The Morgan fingerprint density at radius 2 is 1.22 bits per heavy atom. The number of benzene rings is 4. The highest BCUT2D eigenvalue weighted by Gasteiger charge is 2.04. The molecule has 0 heterocycles. The van der Waals surface area contributed by atoms with Gasteiger partial charge in [-0.3, -0.25) is 0 Å². The summed E-state index contributed by atoms with van der Waals surface area (Å²) in [4.78, 5) is 0. The Bertz CT molecular complexity index is 942. The van der Waals surface area contributed by atoms with Crippen molar-refractivity contribution in [2.45, 2.75) is 0 Å². The number of hydrogen-bond acceptors (Lipinski definition) is 1. The van der Waals surface area contributed by atoms with Crippen LogP contribution in [0.2, 0.25) is 0 Å². The van der Waals surface area contributed by atoms with Crippen LogP contribution in [-0.2, 0) is 0 Å². The Morgan fingerprint density at radius 3 is 2.09 bits per heavy atom. The first-order valence-electron chi connectivity index (χ1n) is 7.80. The zero-order valence-electron chi connectivity index (χ0n) is 12.7. The second kappa shape index (κ2) is 5.98. The smallest absolute Gasteiger partial charge is 0.0463 e. The number of nitrogens with one attached hydrogen (secondary N) is 1. The fourth-order valence-electron chi connectivity index (χ4n) is 2.88. The Kier molecular flexibility index (Phi) is 3.53. The molecule has 0 saturated heterocycles. The predicted molar refractivity (Wildman–Crippen MR) is 99.1 cm³/mol. The van der Waals surface area contributed by atoms with Gasteiger partial charge in [-0.2, -0.15) is 0 Å². The second-order valence-corrected chi connectivity index (χ2v) is 5.60. The van der Waals surface area contributed by atoms with Crippen LogP contribution in [0.1, 0.15) is 0 Å². The number of anilines is 2. The highest BCUT2D eigenvalue weighted by atomic mass is 14.9. The van der Waals surface area contributed by atoms with Gasteiger partial charge in [0.15, 0.2) is 0 Å². The molecule has 0 aliphatic carbocycles. The highest BCUT2D eigenvalue weighted by Crippen LogP contribution is 2.30. The standard InChI is InChI=1S/C22H17N/c1-2-9-18(10-3-1)21-12-6-7-13-22(21)23-20-15-14-17-8-4-5-11-19(17)16-20/h1-16,23H. The number of fused-ring (bicyclic) bond motifs is 1. The first-order chi connectivity index (χ1) is 11.4. The van der Waals surface area contributed by atoms with E-state index < -0.39 is 0 Å². The van der Waals surface area contributed by atoms with Crippen molar-refractivity contribution < 1.29 is 0 Å². The molecule has 0 aliphatic rings. The Balaban J connectivity index is 1.73. The SMILES string of the molecule is c1ccc(-c2ccccc2Nc2ccc3ccccc3c2)cc1. The van der Waals surface area contributed by atoms with Gasteiger partial charge in [0, 0.05) is 16.9 Å². The molecule has 4 rings (SSSR count). The minimum Gasteiger partial charge on any atom is -0.355 e. The number of rotatable bonds is 3. The van der Waals surface area contributed by atoms with E-state index in [1.165, 1.54) is 21.9 Å². The third kappa shape index (κ3) is 2.82. The van der Waals surface area contributed by atoms with Crippen molar-refractivity contribution in [1.82, 2.24) is 0 Å². The lowest BCUT2D eigenvalue weighted by Crippen LogP contribution is -1.93. The first-order valence-corrected chi connectivity index (χ1v) is 7.80. The van der Waals surface area contributed by atoms with Gasteiger partial charge in [-0.15, -0.1) is 0 Å². The summed E-state index contributed by atoms with van der Waals surface area (Å²) < 4.78 is 0. The molecule has 1 N–H and O–H groups in total. The maximum atomic E-state index is 3.56. The minimum absolute atomic E-state index is 1.10. The maximum absolute atomic E-state index is 3.56. The summed E-state index contributed by atoms with van der Waals surface area (Å²) in [5, 5.41) is 6.07. The maximum Gasteiger partial charge on any atom is 0.0463 e. The van der Waals surface area contributed by atoms with E-state index in [0.717, 1.165) is 11.4 Å². The van der Waals surface area contributed by atoms with Gasteiger partial charge in [0.2, 0.25) is 0 Å². The number of para-hydroxylation sites is 1. The molecular weight excluding hydrogens is 278 g/mol. The Hall–Kier alpha value is -3.06. The summed E-state index contributed by atoms with van der Waals surface area (Å²) in [7, 11) is 0. The zero-order valence-corrected chi connectivity index (χ0v) is 12.7. The monoisotopic (exact) mass is 295 g/mol. The molecule has 0 atom stereocenters. The van der Waals surface area contributed by atoms with Gasteiger partial charge >= 0.3 is 0 Å². The lowest BCUT2D eigenvalue weighted by Gasteiger charge is -2.13. The van der Waals surface area contributed by atoms with Crippen LogP contribution in [0, 0.1) is 0 Å². The van der Waals surface area contributed by atoms with Crippen LogP contribution in [0.5, 0.6) is 0 Å². The lowest BCUT2D eigenvalue weighted by atomic mass is 10.0. The largest absolute Gasteiger partial charge is 0.355 e. The van der Waals surface area contributed by atoms with Crippen molar-refractivity contribution in [3.05, 3.63) is 97.1 Å². The molecule has 4 aromatic rings. The Morgan fingerprint density at radius 1 is 0.522 bits per heavy atom. The molecule has 23 heavy (non-hydrogen) atoms. The third-order valence-corrected chi connectivity index (χ3v) is 4.04. The van der Waals surface area contributed by atoms with Crippen LogP contribution < -0.4 is 5.32 Å². The molecule has 1 heteroatoms. The lowest BCUT2D eigenvalue weighted by molar-refractivity contribution is 1.54. The molecule has 0 bridgehead atoms. The average Bonchev–Trinajstić information content (AvgIpc) is 2.63. The van der Waals surface area contributed by atoms with Gasteiger partial charge in [0.1, 0.15) is 0 Å². The summed E-state index contributed by atoms with van der Waals surface area (Å²) in [6.45, 7) is 0. The molecule has 0 radical (unpaired) electrons. The van der Waals surface area contributed by atoms with E-state index >= 15 is 0 Å². The van der Waals surface area contributed by atoms with E-state index in [2.05, 4.69) is 96.3 Å². The summed E-state index contributed by atoms with van der Waals surface area (Å²) >= 11 is 0. The molecule has 0 spiro atoms. The summed E-state index contributed by atoms with van der Waals surface area (Å²) in [6.07, 6.45) is 0. The van der Waals surface area contributed by atoms with Gasteiger partial charge in [0.25, 0.3) is 0 Å². The predicted octanol–water partition coefficient (Wildman–Crippen LogP) is 6.25. The molecule has 4 aromatic carbocycles. The van der Waals surface area contributed by atoms with Crippen molar-refractivity contribution in [2.75, 3.05) is 5.32 Å². The quantitative estimate of drug-likeness (QED) is 0.471. The van der Waals surface area contributed by atoms with Gasteiger partial charge in [-0.1, -0.05) is 78.9 Å². The van der Waals surface area contributed by atoms with Crippen LogP contribution in [0.4, 0.5) is 11.4 Å². The molecule has 0 saturated carbocycles. The molecule has 0 aliphatic heterocycles. The molecule has 0 unspecified atom stereocenters. The van der Waals surface area contributed by atoms with Crippen molar-refractivity contribution in [2.24, 2.45) is 0 Å². The first kappa shape index (κ1) is 13.6. The molecular formula is C22H17N. The van der Waals surface area contributed by atoms with Crippen LogP contribution in [0.3, 0.4) is 0 Å². The third-order valence-electron chi connectivity index (χ3n) is 4.04. The van der Waals surface area contributed by atoms with Crippen LogP contribution in [0.15, 0.2) is 97.1 Å². The van der Waals surface area contributed by atoms with Crippen molar-refractivity contribution >= 4 is 22.1 Å². The van der Waals surface area contributed by atoms with Gasteiger partial charge < -0.3 is 5.32 Å². The van der Waals surface area contributed by atoms with Gasteiger partial charge in [0.05, 0.1) is 0 Å². The fourth-order valence-corrected chi connectivity index (χ4v) is 2.88. The summed E-state index contributed by atoms with van der Waals surface area (Å²) in [5.41, 5.74) is 4.65. The van der Waals surface area contributed by atoms with Crippen molar-refractivity contribution in [3.8, 4) is 11.1 Å². The molecule has 0 fully saturated rings. The van der Waals surface area contributed by atoms with E-state index in [0.29, 0.717) is 0 Å². The Labute approximate surface area is 136 Å². The second-order valence-electron chi connectivity index (χ2n) is 5.60. The summed E-state index contributed by atoms with van der Waals surface area (Å²) in [6, 6.07) is 33.8. The number of hydrogen-bond donors (Lipinski definition) is 1. The average molecular weight is 295 g/mol. The molecule has 1 nitrogen and oxygen atoms in total. The van der Waals surface area contributed by atoms with Crippen molar-refractivity contribution in [3.63, 3.8) is 0 Å². The van der Waals surface area contributed by atoms with Gasteiger partial charge in [-0.05, 0) is 34.5 Å². The van der Waals surface area contributed by atoms with E-state index in [4.69, 9.17) is 0 Å². The molecule has 0 amide bonds. The van der Waals surface area contributed by atoms with E-state index in [1.807, 2.05) is 6.07 Å². The highest BCUT2D eigenvalue weighted by molar-refractivity contribution is 5.88. The van der Waals surface area contributed by atoms with Gasteiger partial charge in [-0.25, -0.2) is 0 Å². The van der Waals surface area contributed by atoms with E-state index in [9.17, 15) is 0 Å². The van der Waals surface area contributed by atoms with E-state index in [1.54, 1.807) is 0 Å². The van der Waals surface area contributed by atoms with Crippen LogP contribution >= 0.6 is 0 Å². The topological polar surface area (TPSA) is 12.0 Å². The molecule has 0 aromatic heterocycles. The fraction of sp³-hybridized carbons (Fsp3) is 0.